The normalized spacial score (nSPS) is 10.7. The van der Waals surface area contributed by atoms with Gasteiger partial charge in [-0.15, -0.1) is 0 Å². The quantitative estimate of drug-likeness (QED) is 0.632. The summed E-state index contributed by atoms with van der Waals surface area (Å²) in [5.74, 6) is -3.56. The Balaban J connectivity index is 2.25. The highest BCUT2D eigenvalue weighted by atomic mass is 16.6. The molecule has 6 nitrogen and oxygen atoms in total. The fourth-order valence-electron chi connectivity index (χ4n) is 1.71. The number of carbonyl (C=O) groups is 2. The van der Waals surface area contributed by atoms with Crippen molar-refractivity contribution in [3.63, 3.8) is 0 Å². The minimum atomic E-state index is -2.75. The van der Waals surface area contributed by atoms with Crippen molar-refractivity contribution in [1.29, 1.82) is 0 Å². The smallest absolute Gasteiger partial charge is 0.221 e. The lowest BCUT2D eigenvalue weighted by atomic mass is 10.1. The van der Waals surface area contributed by atoms with E-state index in [1.807, 2.05) is 0 Å². The van der Waals surface area contributed by atoms with Gasteiger partial charge in [0.05, 0.1) is 11.9 Å². The molecule has 0 heterocycles. The minimum absolute atomic E-state index is 0.0487. The van der Waals surface area contributed by atoms with Crippen LogP contribution in [0.2, 0.25) is 0 Å². The Morgan fingerprint density at radius 2 is 1.27 bits per heavy atom. The molecule has 0 saturated heterocycles. The van der Waals surface area contributed by atoms with Gasteiger partial charge in [0.1, 0.15) is 18.1 Å². The van der Waals surface area contributed by atoms with Gasteiger partial charge in [-0.1, -0.05) is 36.4 Å². The summed E-state index contributed by atoms with van der Waals surface area (Å²) in [6.45, 7) is -0.795. The molecule has 0 aliphatic heterocycles. The van der Waals surface area contributed by atoms with Gasteiger partial charge >= 0.3 is 0 Å². The molecule has 114 valence electrons. The fourth-order valence-corrected chi connectivity index (χ4v) is 1.71. The molecule has 0 radical (unpaired) electrons. The van der Waals surface area contributed by atoms with E-state index in [1.54, 1.807) is 48.5 Å². The number of carboxylic acids is 2. The summed E-state index contributed by atoms with van der Waals surface area (Å²) in [6.07, 6.45) is 0. The Morgan fingerprint density at radius 1 is 0.818 bits per heavy atom. The van der Waals surface area contributed by atoms with Gasteiger partial charge in [0.25, 0.3) is 0 Å². The number of hydrogen-bond donors (Lipinski definition) is 0. The van der Waals surface area contributed by atoms with Gasteiger partial charge in [0.2, 0.25) is 5.60 Å². The van der Waals surface area contributed by atoms with Crippen molar-refractivity contribution in [2.75, 3.05) is 6.61 Å². The zero-order valence-electron chi connectivity index (χ0n) is 11.4. The number of carbonyl (C=O) groups excluding carboxylic acids is 2. The molecule has 0 unspecified atom stereocenters. The van der Waals surface area contributed by atoms with Crippen molar-refractivity contribution in [1.82, 2.24) is 0 Å². The average Bonchev–Trinajstić information content (AvgIpc) is 2.53. The molecular weight excluding hydrogens is 288 g/mol. The van der Waals surface area contributed by atoms with Crippen molar-refractivity contribution in [2.24, 2.45) is 0 Å². The van der Waals surface area contributed by atoms with E-state index >= 15 is 0 Å². The first-order valence-electron chi connectivity index (χ1n) is 6.39. The van der Waals surface area contributed by atoms with Crippen LogP contribution in [0.5, 0.6) is 11.5 Å². The number of rotatable bonds is 7. The van der Waals surface area contributed by atoms with Crippen LogP contribution in [0, 0.1) is 0 Å². The molecule has 0 aromatic heterocycles. The lowest BCUT2D eigenvalue weighted by Crippen LogP contribution is -2.66. The van der Waals surface area contributed by atoms with Crippen LogP contribution < -0.4 is 19.7 Å². The van der Waals surface area contributed by atoms with Crippen molar-refractivity contribution in [3.8, 4) is 11.5 Å². The predicted octanol–water partition coefficient (Wildman–Crippen LogP) is -0.617. The van der Waals surface area contributed by atoms with Gasteiger partial charge in [-0.25, -0.2) is 0 Å². The van der Waals surface area contributed by atoms with E-state index in [4.69, 9.17) is 9.47 Å². The molecule has 2 aromatic rings. The Labute approximate surface area is 126 Å². The Morgan fingerprint density at radius 3 is 1.73 bits per heavy atom. The van der Waals surface area contributed by atoms with Crippen LogP contribution in [0.25, 0.3) is 0 Å². The summed E-state index contributed by atoms with van der Waals surface area (Å²) in [6, 6.07) is 15.8. The second-order valence-electron chi connectivity index (χ2n) is 4.42. The van der Waals surface area contributed by atoms with Crippen molar-refractivity contribution in [2.45, 2.75) is 5.60 Å². The largest absolute Gasteiger partial charge is 0.545 e. The number of para-hydroxylation sites is 2. The summed E-state index contributed by atoms with van der Waals surface area (Å²) >= 11 is 0. The van der Waals surface area contributed by atoms with E-state index < -0.39 is 24.1 Å². The molecule has 6 heteroatoms. The van der Waals surface area contributed by atoms with Crippen LogP contribution in [0.1, 0.15) is 0 Å². The number of aliphatic carboxylic acids is 2. The molecule has 0 N–H and O–H groups in total. The monoisotopic (exact) mass is 300 g/mol. The van der Waals surface area contributed by atoms with Crippen molar-refractivity contribution in [3.05, 3.63) is 60.7 Å². The molecule has 0 aliphatic rings. The summed E-state index contributed by atoms with van der Waals surface area (Å²) < 4.78 is 10.3. The van der Waals surface area contributed by atoms with Crippen LogP contribution in [0.3, 0.4) is 0 Å². The minimum Gasteiger partial charge on any atom is -0.545 e. The predicted molar refractivity (Wildman–Crippen MR) is 71.8 cm³/mol. The van der Waals surface area contributed by atoms with Crippen molar-refractivity contribution >= 4 is 11.9 Å². The summed E-state index contributed by atoms with van der Waals surface area (Å²) in [5.41, 5.74) is -2.75. The van der Waals surface area contributed by atoms with E-state index in [0.29, 0.717) is 5.75 Å². The number of benzene rings is 2. The molecule has 0 saturated carbocycles. The molecular formula is C16H12O6-2. The zero-order chi connectivity index (χ0) is 16.0. The molecule has 0 atom stereocenters. The van der Waals surface area contributed by atoms with Crippen LogP contribution in [0.15, 0.2) is 60.7 Å². The first-order valence-corrected chi connectivity index (χ1v) is 6.39. The third-order valence-corrected chi connectivity index (χ3v) is 2.88. The van der Waals surface area contributed by atoms with Crippen LogP contribution in [-0.4, -0.2) is 24.1 Å². The molecule has 22 heavy (non-hydrogen) atoms. The topological polar surface area (TPSA) is 98.7 Å². The maximum absolute atomic E-state index is 11.4. The van der Waals surface area contributed by atoms with E-state index in [0.717, 1.165) is 0 Å². The Kier molecular flexibility index (Phi) is 4.63. The first-order chi connectivity index (χ1) is 10.5. The molecule has 2 aromatic carbocycles. The van der Waals surface area contributed by atoms with Gasteiger partial charge in [0, 0.05) is 0 Å². The number of hydrogen-bond acceptors (Lipinski definition) is 6. The molecule has 0 aliphatic carbocycles. The molecule has 0 fully saturated rings. The molecule has 0 bridgehead atoms. The SMILES string of the molecule is O=C([O-])C(COc1ccccc1)(Oc1ccccc1)C(=O)[O-]. The first kappa shape index (κ1) is 15.4. The van der Waals surface area contributed by atoms with Crippen LogP contribution in [0.4, 0.5) is 0 Å². The lowest BCUT2D eigenvalue weighted by molar-refractivity contribution is -0.348. The summed E-state index contributed by atoms with van der Waals surface area (Å²) in [5, 5.41) is 22.7. The average molecular weight is 300 g/mol. The molecule has 0 amide bonds. The summed E-state index contributed by atoms with van der Waals surface area (Å²) in [4.78, 5) is 22.7. The van der Waals surface area contributed by atoms with Gasteiger partial charge in [0.15, 0.2) is 0 Å². The highest BCUT2D eigenvalue weighted by Crippen LogP contribution is 2.20. The second-order valence-corrected chi connectivity index (χ2v) is 4.42. The fraction of sp³-hybridized carbons (Fsp3) is 0.125. The van der Waals surface area contributed by atoms with Gasteiger partial charge in [-0.3, -0.25) is 0 Å². The van der Waals surface area contributed by atoms with Crippen molar-refractivity contribution < 1.29 is 29.3 Å². The number of ether oxygens (including phenoxy) is 2. The summed E-state index contributed by atoms with van der Waals surface area (Å²) in [7, 11) is 0. The number of carboxylic acid groups (broad SMARTS) is 2. The standard InChI is InChI=1S/C16H14O6/c17-14(18)16(15(19)20,22-13-9-5-2-6-10-13)11-21-12-7-3-1-4-8-12/h1-10H,11H2,(H,17,18)(H,19,20)/p-2. The molecule has 2 rings (SSSR count). The highest BCUT2D eigenvalue weighted by Gasteiger charge is 2.38. The van der Waals surface area contributed by atoms with E-state index in [9.17, 15) is 19.8 Å². The van der Waals surface area contributed by atoms with Gasteiger partial charge < -0.3 is 29.3 Å². The third kappa shape index (κ3) is 3.35. The molecule has 0 spiro atoms. The Hall–Kier alpha value is -3.02. The lowest BCUT2D eigenvalue weighted by Gasteiger charge is -2.35. The van der Waals surface area contributed by atoms with Crippen LogP contribution >= 0.6 is 0 Å². The van der Waals surface area contributed by atoms with E-state index in [2.05, 4.69) is 0 Å². The van der Waals surface area contributed by atoms with Crippen LogP contribution in [-0.2, 0) is 9.59 Å². The van der Waals surface area contributed by atoms with Gasteiger partial charge in [-0.2, -0.15) is 0 Å². The highest BCUT2D eigenvalue weighted by molar-refractivity contribution is 6.00. The van der Waals surface area contributed by atoms with Gasteiger partial charge in [-0.05, 0) is 24.3 Å². The third-order valence-electron chi connectivity index (χ3n) is 2.88. The Bertz CT molecular complexity index is 624. The second kappa shape index (κ2) is 6.62. The zero-order valence-corrected chi connectivity index (χ0v) is 11.4. The maximum Gasteiger partial charge on any atom is 0.221 e. The van der Waals surface area contributed by atoms with E-state index in [-0.39, 0.29) is 5.75 Å². The van der Waals surface area contributed by atoms with E-state index in [1.165, 1.54) is 12.1 Å². The maximum atomic E-state index is 11.4.